The van der Waals surface area contributed by atoms with Crippen molar-refractivity contribution in [2.75, 3.05) is 26.7 Å². The Morgan fingerprint density at radius 3 is 2.59 bits per heavy atom. The molecule has 0 saturated carbocycles. The second-order valence-electron chi connectivity index (χ2n) is 6.02. The van der Waals surface area contributed by atoms with Crippen LogP contribution in [0.25, 0.3) is 0 Å². The van der Waals surface area contributed by atoms with Crippen LogP contribution < -0.4 is 5.32 Å². The van der Waals surface area contributed by atoms with E-state index in [1.807, 2.05) is 27.8 Å². The topological polar surface area (TPSA) is 50.8 Å². The lowest BCUT2D eigenvalue weighted by molar-refractivity contribution is -0.109. The standard InChI is InChI=1S/C12H22N2O3/c1-11(2,3)17-10(15)14-7-12(8-14)5-9(13-4)6-16-12/h9,13H,5-8H2,1-4H3. The molecule has 0 aliphatic carbocycles. The first-order chi connectivity index (χ1) is 7.84. The average molecular weight is 242 g/mol. The van der Waals surface area contributed by atoms with Crippen molar-refractivity contribution in [1.82, 2.24) is 10.2 Å². The Balaban J connectivity index is 1.81. The molecular weight excluding hydrogens is 220 g/mol. The number of carbonyl (C=O) groups excluding carboxylic acids is 1. The number of hydrogen-bond acceptors (Lipinski definition) is 4. The van der Waals surface area contributed by atoms with Crippen LogP contribution in [0.4, 0.5) is 4.79 Å². The zero-order valence-electron chi connectivity index (χ0n) is 11.1. The molecule has 2 aliphatic rings. The third kappa shape index (κ3) is 2.72. The smallest absolute Gasteiger partial charge is 0.410 e. The van der Waals surface area contributed by atoms with Crippen molar-refractivity contribution < 1.29 is 14.3 Å². The van der Waals surface area contributed by atoms with Crippen LogP contribution in [0.1, 0.15) is 27.2 Å². The van der Waals surface area contributed by atoms with E-state index in [9.17, 15) is 4.79 Å². The molecule has 1 unspecified atom stereocenters. The fraction of sp³-hybridized carbons (Fsp3) is 0.917. The third-order valence-electron chi connectivity index (χ3n) is 3.23. The molecule has 1 amide bonds. The highest BCUT2D eigenvalue weighted by atomic mass is 16.6. The number of hydrogen-bond donors (Lipinski definition) is 1. The number of likely N-dealkylation sites (tertiary alicyclic amines) is 1. The summed E-state index contributed by atoms with van der Waals surface area (Å²) < 4.78 is 11.1. The number of nitrogens with zero attached hydrogens (tertiary/aromatic N) is 1. The average Bonchev–Trinajstić information content (AvgIpc) is 2.56. The van der Waals surface area contributed by atoms with Gasteiger partial charge >= 0.3 is 6.09 Å². The number of amides is 1. The first-order valence-corrected chi connectivity index (χ1v) is 6.13. The lowest BCUT2D eigenvalue weighted by atomic mass is 9.90. The Kier molecular flexibility index (Phi) is 3.08. The highest BCUT2D eigenvalue weighted by Gasteiger charge is 2.51. The van der Waals surface area contributed by atoms with Crippen LogP contribution in [0, 0.1) is 0 Å². The molecule has 2 aliphatic heterocycles. The van der Waals surface area contributed by atoms with E-state index < -0.39 is 5.60 Å². The van der Waals surface area contributed by atoms with E-state index in [0.717, 1.165) is 13.0 Å². The quantitative estimate of drug-likeness (QED) is 0.745. The predicted octanol–water partition coefficient (Wildman–Crippen LogP) is 0.984. The largest absolute Gasteiger partial charge is 0.444 e. The molecule has 0 aromatic heterocycles. The number of likely N-dealkylation sites (N-methyl/N-ethyl adjacent to an activating group) is 1. The summed E-state index contributed by atoms with van der Waals surface area (Å²) in [6, 6.07) is 0.413. The van der Waals surface area contributed by atoms with Crippen molar-refractivity contribution in [3.05, 3.63) is 0 Å². The lowest BCUT2D eigenvalue weighted by Gasteiger charge is -2.46. The van der Waals surface area contributed by atoms with Gasteiger partial charge in [-0.3, -0.25) is 0 Å². The summed E-state index contributed by atoms with van der Waals surface area (Å²) in [5, 5.41) is 3.21. The molecule has 17 heavy (non-hydrogen) atoms. The molecule has 1 atom stereocenters. The molecule has 5 nitrogen and oxygen atoms in total. The molecule has 5 heteroatoms. The van der Waals surface area contributed by atoms with Crippen molar-refractivity contribution in [3.63, 3.8) is 0 Å². The summed E-state index contributed by atoms with van der Waals surface area (Å²) in [5.41, 5.74) is -0.547. The fourth-order valence-corrected chi connectivity index (χ4v) is 2.35. The van der Waals surface area contributed by atoms with Crippen LogP contribution in [-0.4, -0.2) is 55.0 Å². The van der Waals surface area contributed by atoms with Gasteiger partial charge in [-0.1, -0.05) is 0 Å². The Labute approximate surface area is 102 Å². The summed E-state index contributed by atoms with van der Waals surface area (Å²) >= 11 is 0. The van der Waals surface area contributed by atoms with Crippen LogP contribution in [-0.2, 0) is 9.47 Å². The summed E-state index contributed by atoms with van der Waals surface area (Å²) in [6.07, 6.45) is 0.739. The Morgan fingerprint density at radius 2 is 2.12 bits per heavy atom. The first kappa shape index (κ1) is 12.6. The molecule has 1 spiro atoms. The monoisotopic (exact) mass is 242 g/mol. The maximum atomic E-state index is 11.8. The molecule has 0 radical (unpaired) electrons. The second-order valence-corrected chi connectivity index (χ2v) is 6.02. The van der Waals surface area contributed by atoms with Gasteiger partial charge in [0.25, 0.3) is 0 Å². The van der Waals surface area contributed by atoms with Gasteiger partial charge in [0.1, 0.15) is 11.2 Å². The maximum absolute atomic E-state index is 11.8. The minimum absolute atomic E-state index is 0.120. The van der Waals surface area contributed by atoms with Gasteiger partial charge in [0.15, 0.2) is 0 Å². The van der Waals surface area contributed by atoms with Gasteiger partial charge in [-0.15, -0.1) is 0 Å². The van der Waals surface area contributed by atoms with Crippen molar-refractivity contribution in [2.24, 2.45) is 0 Å². The van der Waals surface area contributed by atoms with Crippen LogP contribution in [0.5, 0.6) is 0 Å². The molecule has 0 aromatic rings. The van der Waals surface area contributed by atoms with Crippen molar-refractivity contribution in [1.29, 1.82) is 0 Å². The highest BCUT2D eigenvalue weighted by molar-refractivity contribution is 5.69. The SMILES string of the molecule is CNC1COC2(C1)CN(C(=O)OC(C)(C)C)C2. The first-order valence-electron chi connectivity index (χ1n) is 6.13. The molecule has 2 saturated heterocycles. The minimum Gasteiger partial charge on any atom is -0.444 e. The van der Waals surface area contributed by atoms with E-state index in [1.54, 1.807) is 4.90 Å². The molecule has 2 fully saturated rings. The van der Waals surface area contributed by atoms with Crippen LogP contribution in [0.3, 0.4) is 0 Å². The molecule has 2 rings (SSSR count). The predicted molar refractivity (Wildman–Crippen MR) is 64.0 cm³/mol. The van der Waals surface area contributed by atoms with E-state index in [2.05, 4.69) is 5.32 Å². The Bertz CT molecular complexity index is 305. The van der Waals surface area contributed by atoms with Crippen LogP contribution in [0.15, 0.2) is 0 Å². The highest BCUT2D eigenvalue weighted by Crippen LogP contribution is 2.35. The van der Waals surface area contributed by atoms with Crippen molar-refractivity contribution in [3.8, 4) is 0 Å². The summed E-state index contributed by atoms with van der Waals surface area (Å²) in [7, 11) is 1.94. The van der Waals surface area contributed by atoms with E-state index in [0.29, 0.717) is 19.1 Å². The number of ether oxygens (including phenoxy) is 2. The number of rotatable bonds is 1. The van der Waals surface area contributed by atoms with Gasteiger partial charge < -0.3 is 19.7 Å². The van der Waals surface area contributed by atoms with E-state index in [-0.39, 0.29) is 11.7 Å². The second kappa shape index (κ2) is 4.14. The summed E-state index contributed by atoms with van der Waals surface area (Å²) in [4.78, 5) is 13.5. The van der Waals surface area contributed by atoms with E-state index in [4.69, 9.17) is 9.47 Å². The van der Waals surface area contributed by atoms with Crippen LogP contribution >= 0.6 is 0 Å². The Morgan fingerprint density at radius 1 is 1.47 bits per heavy atom. The van der Waals surface area contributed by atoms with Crippen LogP contribution in [0.2, 0.25) is 0 Å². The van der Waals surface area contributed by atoms with Gasteiger partial charge in [-0.05, 0) is 34.2 Å². The zero-order valence-corrected chi connectivity index (χ0v) is 11.1. The van der Waals surface area contributed by atoms with Crippen molar-refractivity contribution in [2.45, 2.75) is 44.4 Å². The Hall–Kier alpha value is -0.810. The van der Waals surface area contributed by atoms with E-state index >= 15 is 0 Å². The summed E-state index contributed by atoms with van der Waals surface area (Å²) in [6.45, 7) is 7.68. The molecule has 98 valence electrons. The van der Waals surface area contributed by atoms with Gasteiger partial charge in [0.05, 0.1) is 19.7 Å². The normalized spacial score (nSPS) is 27.1. The minimum atomic E-state index is -0.427. The summed E-state index contributed by atoms with van der Waals surface area (Å²) in [5.74, 6) is 0. The third-order valence-corrected chi connectivity index (χ3v) is 3.23. The number of nitrogens with one attached hydrogen (secondary N) is 1. The van der Waals surface area contributed by atoms with Crippen molar-refractivity contribution >= 4 is 6.09 Å². The molecule has 0 bridgehead atoms. The molecular formula is C12H22N2O3. The molecule has 2 heterocycles. The lowest BCUT2D eigenvalue weighted by Crippen LogP contribution is -2.64. The maximum Gasteiger partial charge on any atom is 0.410 e. The molecule has 0 aromatic carbocycles. The van der Waals surface area contributed by atoms with Gasteiger partial charge in [0.2, 0.25) is 0 Å². The molecule has 1 N–H and O–H groups in total. The fourth-order valence-electron chi connectivity index (χ4n) is 2.35. The number of carbonyl (C=O) groups is 1. The van der Waals surface area contributed by atoms with Gasteiger partial charge in [0, 0.05) is 6.04 Å². The van der Waals surface area contributed by atoms with E-state index in [1.165, 1.54) is 0 Å². The van der Waals surface area contributed by atoms with Gasteiger partial charge in [-0.25, -0.2) is 4.79 Å². The zero-order chi connectivity index (χ0) is 12.7. The van der Waals surface area contributed by atoms with Gasteiger partial charge in [-0.2, -0.15) is 0 Å².